The molecule has 2 aliphatic rings. The summed E-state index contributed by atoms with van der Waals surface area (Å²) in [6.45, 7) is 9.63. The lowest BCUT2D eigenvalue weighted by molar-refractivity contribution is 0.0493. The van der Waals surface area contributed by atoms with Crippen LogP contribution in [0.5, 0.6) is 0 Å². The SMILES string of the molecule is CC(C)(C)OC(=O)NC[C@]12CNC[C@H]1COC2. The first-order valence-electron chi connectivity index (χ1n) is 6.17. The van der Waals surface area contributed by atoms with E-state index in [4.69, 9.17) is 9.47 Å². The minimum absolute atomic E-state index is 0.0664. The van der Waals surface area contributed by atoms with Crippen molar-refractivity contribution in [1.82, 2.24) is 10.6 Å². The Kier molecular flexibility index (Phi) is 3.32. The molecule has 2 fully saturated rings. The lowest BCUT2D eigenvalue weighted by Gasteiger charge is -2.27. The summed E-state index contributed by atoms with van der Waals surface area (Å²) in [6.07, 6.45) is -0.343. The van der Waals surface area contributed by atoms with Crippen molar-refractivity contribution >= 4 is 6.09 Å². The number of carbonyl (C=O) groups is 1. The molecule has 2 heterocycles. The van der Waals surface area contributed by atoms with Crippen LogP contribution >= 0.6 is 0 Å². The van der Waals surface area contributed by atoms with Gasteiger partial charge in [0.2, 0.25) is 0 Å². The van der Waals surface area contributed by atoms with Gasteiger partial charge in [-0.25, -0.2) is 4.79 Å². The summed E-state index contributed by atoms with van der Waals surface area (Å²) in [5.41, 5.74) is -0.377. The van der Waals surface area contributed by atoms with Crippen LogP contribution in [0.2, 0.25) is 0 Å². The van der Waals surface area contributed by atoms with Crippen molar-refractivity contribution in [1.29, 1.82) is 0 Å². The van der Waals surface area contributed by atoms with E-state index in [1.807, 2.05) is 20.8 Å². The topological polar surface area (TPSA) is 59.6 Å². The molecule has 2 atom stereocenters. The van der Waals surface area contributed by atoms with Crippen molar-refractivity contribution in [2.45, 2.75) is 26.4 Å². The Morgan fingerprint density at radius 2 is 2.35 bits per heavy atom. The maximum absolute atomic E-state index is 11.6. The van der Waals surface area contributed by atoms with Gasteiger partial charge in [-0.05, 0) is 20.8 Å². The van der Waals surface area contributed by atoms with Crippen LogP contribution in [0.4, 0.5) is 4.79 Å². The van der Waals surface area contributed by atoms with Crippen molar-refractivity contribution in [3.63, 3.8) is 0 Å². The van der Waals surface area contributed by atoms with Crippen molar-refractivity contribution in [3.8, 4) is 0 Å². The van der Waals surface area contributed by atoms with E-state index in [1.54, 1.807) is 0 Å². The van der Waals surface area contributed by atoms with Crippen LogP contribution in [0.15, 0.2) is 0 Å². The molecule has 2 saturated heterocycles. The van der Waals surface area contributed by atoms with E-state index in [0.717, 1.165) is 26.3 Å². The highest BCUT2D eigenvalue weighted by atomic mass is 16.6. The first-order valence-corrected chi connectivity index (χ1v) is 6.17. The third kappa shape index (κ3) is 2.90. The first kappa shape index (κ1) is 12.6. The van der Waals surface area contributed by atoms with E-state index in [1.165, 1.54) is 0 Å². The van der Waals surface area contributed by atoms with Crippen molar-refractivity contribution in [3.05, 3.63) is 0 Å². The largest absolute Gasteiger partial charge is 0.444 e. The molecule has 98 valence electrons. The van der Waals surface area contributed by atoms with Crippen LogP contribution < -0.4 is 10.6 Å². The van der Waals surface area contributed by atoms with E-state index in [9.17, 15) is 4.79 Å². The molecule has 0 unspecified atom stereocenters. The fraction of sp³-hybridized carbons (Fsp3) is 0.917. The van der Waals surface area contributed by atoms with Crippen molar-refractivity contribution in [2.75, 3.05) is 32.8 Å². The molecule has 0 aromatic rings. The predicted octanol–water partition coefficient (Wildman–Crippen LogP) is 0.747. The molecular weight excluding hydrogens is 220 g/mol. The Hall–Kier alpha value is -0.810. The molecule has 1 amide bonds. The molecule has 5 nitrogen and oxygen atoms in total. The summed E-state index contributed by atoms with van der Waals surface area (Å²) in [6, 6.07) is 0. The number of hydrogen-bond donors (Lipinski definition) is 2. The standard InChI is InChI=1S/C12H22N2O3/c1-11(2,3)17-10(15)14-7-12-6-13-4-9(12)5-16-8-12/h9,13H,4-8H2,1-3H3,(H,14,15)/t9-,12-/m0/s1. The lowest BCUT2D eigenvalue weighted by atomic mass is 9.81. The highest BCUT2D eigenvalue weighted by Crippen LogP contribution is 2.36. The second-order valence-corrected chi connectivity index (χ2v) is 6.06. The molecule has 0 saturated carbocycles. The molecule has 0 radical (unpaired) electrons. The number of hydrogen-bond acceptors (Lipinski definition) is 4. The van der Waals surface area contributed by atoms with Gasteiger partial charge in [-0.15, -0.1) is 0 Å². The average Bonchev–Trinajstić information content (AvgIpc) is 2.69. The van der Waals surface area contributed by atoms with Gasteiger partial charge in [0.25, 0.3) is 0 Å². The zero-order valence-corrected chi connectivity index (χ0v) is 10.8. The third-order valence-electron chi connectivity index (χ3n) is 3.43. The maximum Gasteiger partial charge on any atom is 0.407 e. The number of ether oxygens (including phenoxy) is 2. The van der Waals surface area contributed by atoms with Crippen LogP contribution in [-0.4, -0.2) is 44.5 Å². The molecule has 0 bridgehead atoms. The Morgan fingerprint density at radius 3 is 3.06 bits per heavy atom. The Morgan fingerprint density at radius 1 is 1.59 bits per heavy atom. The fourth-order valence-corrected chi connectivity index (χ4v) is 2.49. The van der Waals surface area contributed by atoms with Crippen LogP contribution in [0.25, 0.3) is 0 Å². The monoisotopic (exact) mass is 242 g/mol. The maximum atomic E-state index is 11.6. The molecular formula is C12H22N2O3. The van der Waals surface area contributed by atoms with E-state index >= 15 is 0 Å². The third-order valence-corrected chi connectivity index (χ3v) is 3.43. The minimum Gasteiger partial charge on any atom is -0.444 e. The predicted molar refractivity (Wildman–Crippen MR) is 63.8 cm³/mol. The summed E-state index contributed by atoms with van der Waals surface area (Å²) in [7, 11) is 0. The Balaban J connectivity index is 1.83. The van der Waals surface area contributed by atoms with E-state index < -0.39 is 5.60 Å². The second kappa shape index (κ2) is 4.46. The van der Waals surface area contributed by atoms with Crippen molar-refractivity contribution < 1.29 is 14.3 Å². The molecule has 2 rings (SSSR count). The molecule has 0 aromatic heterocycles. The zero-order chi connectivity index (χ0) is 12.5. The smallest absolute Gasteiger partial charge is 0.407 e. The lowest BCUT2D eigenvalue weighted by Crippen LogP contribution is -2.44. The van der Waals surface area contributed by atoms with Crippen LogP contribution in [-0.2, 0) is 9.47 Å². The Bertz CT molecular complexity index is 289. The summed E-state index contributed by atoms with van der Waals surface area (Å²) in [4.78, 5) is 11.6. The molecule has 17 heavy (non-hydrogen) atoms. The average molecular weight is 242 g/mol. The molecule has 2 aliphatic heterocycles. The van der Waals surface area contributed by atoms with E-state index in [0.29, 0.717) is 12.5 Å². The van der Waals surface area contributed by atoms with Gasteiger partial charge in [0, 0.05) is 31.0 Å². The number of amides is 1. The van der Waals surface area contributed by atoms with E-state index in [-0.39, 0.29) is 11.5 Å². The number of nitrogens with one attached hydrogen (secondary N) is 2. The van der Waals surface area contributed by atoms with E-state index in [2.05, 4.69) is 10.6 Å². The van der Waals surface area contributed by atoms with Crippen LogP contribution in [0.3, 0.4) is 0 Å². The molecule has 0 spiro atoms. The Labute approximate surface area is 102 Å². The van der Waals surface area contributed by atoms with Gasteiger partial charge >= 0.3 is 6.09 Å². The molecule has 2 N–H and O–H groups in total. The summed E-state index contributed by atoms with van der Waals surface area (Å²) >= 11 is 0. The first-order chi connectivity index (χ1) is 7.91. The normalized spacial score (nSPS) is 32.3. The summed E-state index contributed by atoms with van der Waals surface area (Å²) in [5.74, 6) is 0.512. The van der Waals surface area contributed by atoms with Gasteiger partial charge in [-0.3, -0.25) is 0 Å². The quantitative estimate of drug-likeness (QED) is 0.750. The summed E-state index contributed by atoms with van der Waals surface area (Å²) < 4.78 is 10.7. The highest BCUT2D eigenvalue weighted by molar-refractivity contribution is 5.67. The second-order valence-electron chi connectivity index (χ2n) is 6.06. The van der Waals surface area contributed by atoms with Gasteiger partial charge in [-0.2, -0.15) is 0 Å². The number of fused-ring (bicyclic) bond motifs is 1. The molecule has 5 heteroatoms. The van der Waals surface area contributed by atoms with Crippen LogP contribution in [0.1, 0.15) is 20.8 Å². The zero-order valence-electron chi connectivity index (χ0n) is 10.8. The van der Waals surface area contributed by atoms with Gasteiger partial charge in [0.05, 0.1) is 13.2 Å². The van der Waals surface area contributed by atoms with Gasteiger partial charge < -0.3 is 20.1 Å². The van der Waals surface area contributed by atoms with Gasteiger partial charge in [0.15, 0.2) is 0 Å². The molecule has 0 aromatic carbocycles. The minimum atomic E-state index is -0.443. The summed E-state index contributed by atoms with van der Waals surface area (Å²) in [5, 5.41) is 6.23. The van der Waals surface area contributed by atoms with Gasteiger partial charge in [-0.1, -0.05) is 0 Å². The number of alkyl carbamates (subject to hydrolysis) is 1. The van der Waals surface area contributed by atoms with Crippen LogP contribution in [0, 0.1) is 11.3 Å². The highest BCUT2D eigenvalue weighted by Gasteiger charge is 2.47. The number of rotatable bonds is 2. The fourth-order valence-electron chi connectivity index (χ4n) is 2.49. The number of carbonyl (C=O) groups excluding carboxylic acids is 1. The van der Waals surface area contributed by atoms with Crippen molar-refractivity contribution in [2.24, 2.45) is 11.3 Å². The van der Waals surface area contributed by atoms with Gasteiger partial charge in [0.1, 0.15) is 5.60 Å². The molecule has 0 aliphatic carbocycles.